The van der Waals surface area contributed by atoms with Crippen molar-refractivity contribution >= 4 is 5.69 Å². The molecule has 1 unspecified atom stereocenters. The maximum Gasteiger partial charge on any atom is 0.125 e. The van der Waals surface area contributed by atoms with Gasteiger partial charge in [0.05, 0.1) is 0 Å². The van der Waals surface area contributed by atoms with Crippen LogP contribution in [0.1, 0.15) is 23.6 Å². The smallest absolute Gasteiger partial charge is 0.125 e. The lowest BCUT2D eigenvalue weighted by molar-refractivity contribution is 0.622. The van der Waals surface area contributed by atoms with Gasteiger partial charge in [-0.05, 0) is 36.1 Å². The normalized spacial score (nSPS) is 15.2. The molecular weight excluding hydrogens is 251 g/mol. The van der Waals surface area contributed by atoms with E-state index in [1.54, 1.807) is 6.07 Å². The highest BCUT2D eigenvalue weighted by molar-refractivity contribution is 5.58. The largest absolute Gasteiger partial charge is 0.371 e. The molecule has 0 saturated heterocycles. The third kappa shape index (κ3) is 2.68. The first-order chi connectivity index (χ1) is 9.74. The Morgan fingerprint density at radius 3 is 2.75 bits per heavy atom. The van der Waals surface area contributed by atoms with Crippen molar-refractivity contribution < 1.29 is 4.39 Å². The van der Waals surface area contributed by atoms with Gasteiger partial charge in [0.15, 0.2) is 0 Å². The number of anilines is 1. The molecule has 104 valence electrons. The van der Waals surface area contributed by atoms with E-state index in [0.29, 0.717) is 0 Å². The highest BCUT2D eigenvalue weighted by Crippen LogP contribution is 2.29. The summed E-state index contributed by atoms with van der Waals surface area (Å²) in [5, 5.41) is 0. The van der Waals surface area contributed by atoms with Crippen LogP contribution in [0.15, 0.2) is 48.5 Å². The van der Waals surface area contributed by atoms with Gasteiger partial charge in [-0.3, -0.25) is 0 Å². The van der Waals surface area contributed by atoms with Crippen molar-refractivity contribution in [2.45, 2.75) is 18.9 Å². The molecule has 0 aliphatic carbocycles. The number of hydrogen-bond donors (Lipinski definition) is 1. The molecule has 1 aliphatic rings. The Hall–Kier alpha value is -1.87. The van der Waals surface area contributed by atoms with E-state index in [9.17, 15) is 4.39 Å². The standard InChI is InChI=1S/C17H19FN2/c18-15-7-6-14-8-10-20(17(14)12-15)11-9-16(19)13-4-2-1-3-5-13/h1-7,12,16H,8-11,19H2. The molecule has 0 aromatic heterocycles. The van der Waals surface area contributed by atoms with Crippen molar-refractivity contribution in [1.82, 2.24) is 0 Å². The van der Waals surface area contributed by atoms with E-state index >= 15 is 0 Å². The monoisotopic (exact) mass is 270 g/mol. The van der Waals surface area contributed by atoms with E-state index < -0.39 is 0 Å². The van der Waals surface area contributed by atoms with Crippen LogP contribution < -0.4 is 10.6 Å². The molecule has 20 heavy (non-hydrogen) atoms. The van der Waals surface area contributed by atoms with Crippen LogP contribution in [0, 0.1) is 5.82 Å². The molecule has 3 heteroatoms. The lowest BCUT2D eigenvalue weighted by Gasteiger charge is -2.22. The van der Waals surface area contributed by atoms with Crippen LogP contribution in [0.5, 0.6) is 0 Å². The van der Waals surface area contributed by atoms with Crippen molar-refractivity contribution in [1.29, 1.82) is 0 Å². The number of halogens is 1. The van der Waals surface area contributed by atoms with Crippen molar-refractivity contribution in [2.75, 3.05) is 18.0 Å². The van der Waals surface area contributed by atoms with E-state index in [1.165, 1.54) is 11.6 Å². The summed E-state index contributed by atoms with van der Waals surface area (Å²) in [5.41, 5.74) is 9.65. The fourth-order valence-corrected chi connectivity index (χ4v) is 2.81. The zero-order valence-electron chi connectivity index (χ0n) is 11.4. The Morgan fingerprint density at radius 1 is 1.15 bits per heavy atom. The van der Waals surface area contributed by atoms with Crippen LogP contribution in [-0.2, 0) is 6.42 Å². The molecule has 1 aliphatic heterocycles. The minimum Gasteiger partial charge on any atom is -0.371 e. The Bertz CT molecular complexity index is 583. The van der Waals surface area contributed by atoms with Crippen molar-refractivity contribution in [2.24, 2.45) is 5.73 Å². The maximum atomic E-state index is 13.3. The molecule has 0 amide bonds. The molecule has 0 fully saturated rings. The molecule has 0 spiro atoms. The summed E-state index contributed by atoms with van der Waals surface area (Å²) in [7, 11) is 0. The van der Waals surface area contributed by atoms with Gasteiger partial charge in [0, 0.05) is 24.8 Å². The average molecular weight is 270 g/mol. The van der Waals surface area contributed by atoms with Crippen molar-refractivity contribution in [3.63, 3.8) is 0 Å². The molecule has 0 radical (unpaired) electrons. The van der Waals surface area contributed by atoms with Gasteiger partial charge in [-0.2, -0.15) is 0 Å². The summed E-state index contributed by atoms with van der Waals surface area (Å²) in [6, 6.07) is 15.2. The van der Waals surface area contributed by atoms with Gasteiger partial charge in [-0.25, -0.2) is 4.39 Å². The van der Waals surface area contributed by atoms with Gasteiger partial charge >= 0.3 is 0 Å². The molecule has 2 N–H and O–H groups in total. The Labute approximate surface area is 119 Å². The maximum absolute atomic E-state index is 13.3. The first-order valence-corrected chi connectivity index (χ1v) is 7.08. The molecule has 0 bridgehead atoms. The SMILES string of the molecule is NC(CCN1CCc2ccc(F)cc21)c1ccccc1. The van der Waals surface area contributed by atoms with Gasteiger partial charge in [0.2, 0.25) is 0 Å². The lowest BCUT2D eigenvalue weighted by Crippen LogP contribution is -2.25. The van der Waals surface area contributed by atoms with Crippen molar-refractivity contribution in [3.05, 3.63) is 65.5 Å². The van der Waals surface area contributed by atoms with E-state index in [4.69, 9.17) is 5.73 Å². The summed E-state index contributed by atoms with van der Waals surface area (Å²) in [6.07, 6.45) is 1.87. The van der Waals surface area contributed by atoms with Gasteiger partial charge in [0.1, 0.15) is 5.82 Å². The van der Waals surface area contributed by atoms with Gasteiger partial charge in [0.25, 0.3) is 0 Å². The number of hydrogen-bond acceptors (Lipinski definition) is 2. The second-order valence-corrected chi connectivity index (χ2v) is 5.32. The fourth-order valence-electron chi connectivity index (χ4n) is 2.81. The molecule has 1 atom stereocenters. The summed E-state index contributed by atoms with van der Waals surface area (Å²) in [6.45, 7) is 1.83. The topological polar surface area (TPSA) is 29.3 Å². The number of nitrogens with zero attached hydrogens (tertiary/aromatic N) is 1. The molecule has 1 heterocycles. The Balaban J connectivity index is 1.65. The van der Waals surface area contributed by atoms with Crippen LogP contribution in [-0.4, -0.2) is 13.1 Å². The van der Waals surface area contributed by atoms with E-state index in [2.05, 4.69) is 17.0 Å². The first kappa shape index (κ1) is 13.1. The number of benzene rings is 2. The van der Waals surface area contributed by atoms with Crippen LogP contribution in [0.25, 0.3) is 0 Å². The summed E-state index contributed by atoms with van der Waals surface area (Å²) >= 11 is 0. The molecular formula is C17H19FN2. The first-order valence-electron chi connectivity index (χ1n) is 7.08. The number of nitrogens with two attached hydrogens (primary N) is 1. The highest BCUT2D eigenvalue weighted by Gasteiger charge is 2.20. The van der Waals surface area contributed by atoms with Crippen LogP contribution in [0.4, 0.5) is 10.1 Å². The van der Waals surface area contributed by atoms with Crippen LogP contribution >= 0.6 is 0 Å². The fraction of sp³-hybridized carbons (Fsp3) is 0.294. The second-order valence-electron chi connectivity index (χ2n) is 5.32. The summed E-state index contributed by atoms with van der Waals surface area (Å²) in [5.74, 6) is -0.164. The predicted octanol–water partition coefficient (Wildman–Crippen LogP) is 3.28. The molecule has 0 saturated carbocycles. The molecule has 2 nitrogen and oxygen atoms in total. The zero-order chi connectivity index (χ0) is 13.9. The molecule has 2 aromatic carbocycles. The third-order valence-electron chi connectivity index (χ3n) is 3.98. The predicted molar refractivity (Wildman–Crippen MR) is 80.3 cm³/mol. The lowest BCUT2D eigenvalue weighted by atomic mass is 10.0. The zero-order valence-corrected chi connectivity index (χ0v) is 11.4. The summed E-state index contributed by atoms with van der Waals surface area (Å²) in [4.78, 5) is 2.24. The Morgan fingerprint density at radius 2 is 1.95 bits per heavy atom. The van der Waals surface area contributed by atoms with Gasteiger partial charge < -0.3 is 10.6 Å². The molecule has 2 aromatic rings. The van der Waals surface area contributed by atoms with Crippen LogP contribution in [0.2, 0.25) is 0 Å². The van der Waals surface area contributed by atoms with E-state index in [0.717, 1.165) is 37.2 Å². The van der Waals surface area contributed by atoms with E-state index in [1.807, 2.05) is 24.3 Å². The van der Waals surface area contributed by atoms with E-state index in [-0.39, 0.29) is 11.9 Å². The minimum atomic E-state index is -0.164. The average Bonchev–Trinajstić information content (AvgIpc) is 2.88. The summed E-state index contributed by atoms with van der Waals surface area (Å²) < 4.78 is 13.3. The number of fused-ring (bicyclic) bond motifs is 1. The third-order valence-corrected chi connectivity index (χ3v) is 3.98. The Kier molecular flexibility index (Phi) is 3.70. The quantitative estimate of drug-likeness (QED) is 0.924. The van der Waals surface area contributed by atoms with Gasteiger partial charge in [-0.1, -0.05) is 36.4 Å². The van der Waals surface area contributed by atoms with Gasteiger partial charge in [-0.15, -0.1) is 0 Å². The molecule has 3 rings (SSSR count). The minimum absolute atomic E-state index is 0.0359. The highest BCUT2D eigenvalue weighted by atomic mass is 19.1. The van der Waals surface area contributed by atoms with Crippen molar-refractivity contribution in [3.8, 4) is 0 Å². The second kappa shape index (κ2) is 5.63. The number of rotatable bonds is 4. The van der Waals surface area contributed by atoms with Crippen LogP contribution in [0.3, 0.4) is 0 Å².